The van der Waals surface area contributed by atoms with E-state index < -0.39 is 0 Å². The minimum absolute atomic E-state index is 0.0548. The van der Waals surface area contributed by atoms with E-state index in [1.807, 2.05) is 0 Å². The average molecular weight is 122 g/mol. The van der Waals surface area contributed by atoms with Crippen molar-refractivity contribution < 1.29 is 0 Å². The normalized spacial score (nSPS) is 39.0. The van der Waals surface area contributed by atoms with E-state index >= 15 is 0 Å². The summed E-state index contributed by atoms with van der Waals surface area (Å²) in [5.41, 5.74) is 0. The Hall–Kier alpha value is -0.350. The van der Waals surface area contributed by atoms with E-state index in [0.717, 1.165) is 0 Å². The third-order valence-corrected chi connectivity index (χ3v) is 2.99. The summed E-state index contributed by atoms with van der Waals surface area (Å²) in [5.74, 6) is 7.54. The summed E-state index contributed by atoms with van der Waals surface area (Å²) in [7, 11) is 0.0548. The van der Waals surface area contributed by atoms with E-state index in [-0.39, 0.29) is 7.92 Å². The van der Waals surface area contributed by atoms with Crippen molar-refractivity contribution >= 4 is 7.92 Å². The molecule has 0 nitrogen and oxygen atoms in total. The molecule has 0 saturated heterocycles. The molecule has 0 aromatic rings. The van der Waals surface area contributed by atoms with Crippen LogP contribution in [0.5, 0.6) is 0 Å². The quantitative estimate of drug-likeness (QED) is 0.433. The Morgan fingerprint density at radius 3 is 1.50 bits per heavy atom. The first kappa shape index (κ1) is 4.52. The molecule has 0 fully saturated rings. The van der Waals surface area contributed by atoms with Crippen molar-refractivity contribution in [2.45, 2.75) is 0 Å². The lowest BCUT2D eigenvalue weighted by atomic mass is 10.1. The minimum atomic E-state index is 0.0548. The van der Waals surface area contributed by atoms with Crippen LogP contribution in [0.25, 0.3) is 0 Å². The van der Waals surface area contributed by atoms with Gasteiger partial charge < -0.3 is 0 Å². The summed E-state index contributed by atoms with van der Waals surface area (Å²) in [6.07, 6.45) is 6.81. The number of hydrogen-bond acceptors (Lipinski definition) is 0. The third-order valence-electron chi connectivity index (χ3n) is 1.44. The van der Waals surface area contributed by atoms with Gasteiger partial charge in [0.25, 0.3) is 0 Å². The van der Waals surface area contributed by atoms with E-state index in [2.05, 4.69) is 35.7 Å². The summed E-state index contributed by atoms with van der Waals surface area (Å²) in [4.78, 5) is 0. The minimum Gasteiger partial charge on any atom is -0.0728 e. The standard InChI is InChI=1S/C7H7P/c1-4-8-5-2-7(1)3-6-8/h1-7H. The highest BCUT2D eigenvalue weighted by Crippen LogP contribution is 2.48. The van der Waals surface area contributed by atoms with Crippen LogP contribution in [-0.2, 0) is 0 Å². The van der Waals surface area contributed by atoms with E-state index in [0.29, 0.717) is 5.92 Å². The molecule has 0 spiro atoms. The Morgan fingerprint density at radius 2 is 1.38 bits per heavy atom. The van der Waals surface area contributed by atoms with Gasteiger partial charge in [-0.3, -0.25) is 0 Å². The van der Waals surface area contributed by atoms with Crippen LogP contribution in [0, 0.1) is 5.92 Å². The Bertz CT molecular complexity index is 126. The van der Waals surface area contributed by atoms with Gasteiger partial charge in [0.2, 0.25) is 0 Å². The van der Waals surface area contributed by atoms with E-state index in [1.165, 1.54) is 0 Å². The van der Waals surface area contributed by atoms with Gasteiger partial charge in [-0.2, -0.15) is 0 Å². The van der Waals surface area contributed by atoms with Gasteiger partial charge >= 0.3 is 0 Å². The molecule has 0 saturated carbocycles. The molecular weight excluding hydrogens is 115 g/mol. The van der Waals surface area contributed by atoms with Crippen LogP contribution in [0.3, 0.4) is 0 Å². The van der Waals surface area contributed by atoms with Crippen LogP contribution in [0.4, 0.5) is 0 Å². The molecule has 0 unspecified atom stereocenters. The largest absolute Gasteiger partial charge is 0.0728 e. The number of hydrogen-bond donors (Lipinski definition) is 0. The predicted octanol–water partition coefficient (Wildman–Crippen LogP) is 2.65. The molecule has 1 heteroatoms. The van der Waals surface area contributed by atoms with Crippen LogP contribution >= 0.6 is 7.92 Å². The lowest BCUT2D eigenvalue weighted by Crippen LogP contribution is -1.91. The molecule has 0 radical (unpaired) electrons. The number of rotatable bonds is 0. The molecule has 3 heterocycles. The van der Waals surface area contributed by atoms with Gasteiger partial charge in [-0.15, -0.1) is 0 Å². The fraction of sp³-hybridized carbons (Fsp3) is 0.143. The fourth-order valence-corrected chi connectivity index (χ4v) is 2.43. The molecule has 0 N–H and O–H groups in total. The molecule has 0 atom stereocenters. The second-order valence-corrected chi connectivity index (χ2v) is 3.84. The molecular formula is C7H7P. The summed E-state index contributed by atoms with van der Waals surface area (Å²) < 4.78 is 0. The zero-order chi connectivity index (χ0) is 5.40. The van der Waals surface area contributed by atoms with Crippen molar-refractivity contribution in [1.82, 2.24) is 0 Å². The molecule has 0 aromatic carbocycles. The highest BCUT2D eigenvalue weighted by molar-refractivity contribution is 7.67. The molecule has 0 aliphatic carbocycles. The SMILES string of the molecule is C1=CP2C=CC1C=C2. The molecule has 8 heavy (non-hydrogen) atoms. The monoisotopic (exact) mass is 122 g/mol. The first-order chi connectivity index (χ1) is 3.95. The number of allylic oxidation sites excluding steroid dienone is 3. The first-order valence-corrected chi connectivity index (χ1v) is 4.32. The van der Waals surface area contributed by atoms with Crippen molar-refractivity contribution in [2.24, 2.45) is 5.92 Å². The molecule has 3 rings (SSSR count). The third kappa shape index (κ3) is 0.569. The summed E-state index contributed by atoms with van der Waals surface area (Å²) in [5, 5.41) is 0. The summed E-state index contributed by atoms with van der Waals surface area (Å²) in [6, 6.07) is 0. The van der Waals surface area contributed by atoms with E-state index in [9.17, 15) is 0 Å². The molecule has 3 aliphatic rings. The Labute approximate surface area is 50.3 Å². The van der Waals surface area contributed by atoms with Crippen molar-refractivity contribution in [3.05, 3.63) is 35.7 Å². The maximum atomic E-state index is 2.31. The van der Waals surface area contributed by atoms with Crippen LogP contribution < -0.4 is 0 Å². The molecule has 0 amide bonds. The second-order valence-electron chi connectivity index (χ2n) is 2.05. The summed E-state index contributed by atoms with van der Waals surface area (Å²) in [6.45, 7) is 0. The van der Waals surface area contributed by atoms with Crippen LogP contribution in [0.1, 0.15) is 0 Å². The second kappa shape index (κ2) is 1.56. The Balaban J connectivity index is 2.39. The molecule has 3 aliphatic heterocycles. The Kier molecular flexibility index (Phi) is 0.884. The van der Waals surface area contributed by atoms with E-state index in [4.69, 9.17) is 0 Å². The maximum absolute atomic E-state index is 2.31. The van der Waals surface area contributed by atoms with Crippen molar-refractivity contribution in [3.8, 4) is 0 Å². The van der Waals surface area contributed by atoms with Gasteiger partial charge in [0.15, 0.2) is 0 Å². The van der Waals surface area contributed by atoms with Crippen molar-refractivity contribution in [2.75, 3.05) is 0 Å². The van der Waals surface area contributed by atoms with Crippen LogP contribution in [0.2, 0.25) is 0 Å². The Morgan fingerprint density at radius 1 is 0.875 bits per heavy atom. The lowest BCUT2D eigenvalue weighted by molar-refractivity contribution is 1.06. The highest BCUT2D eigenvalue weighted by atomic mass is 31.1. The average Bonchev–Trinajstić information content (AvgIpc) is 1.92. The zero-order valence-corrected chi connectivity index (χ0v) is 5.38. The molecule has 2 bridgehead atoms. The smallest absolute Gasteiger partial charge is 0.0138 e. The van der Waals surface area contributed by atoms with Gasteiger partial charge in [-0.05, 0) is 7.92 Å². The van der Waals surface area contributed by atoms with Crippen molar-refractivity contribution in [1.29, 1.82) is 0 Å². The van der Waals surface area contributed by atoms with Gasteiger partial charge in [-0.1, -0.05) is 35.7 Å². The van der Waals surface area contributed by atoms with Gasteiger partial charge in [0.05, 0.1) is 0 Å². The lowest BCUT2D eigenvalue weighted by Gasteiger charge is -2.16. The highest BCUT2D eigenvalue weighted by Gasteiger charge is 2.08. The van der Waals surface area contributed by atoms with Crippen LogP contribution in [-0.4, -0.2) is 0 Å². The molecule has 0 aromatic heterocycles. The van der Waals surface area contributed by atoms with Gasteiger partial charge in [0.1, 0.15) is 0 Å². The van der Waals surface area contributed by atoms with Crippen LogP contribution in [0.15, 0.2) is 35.7 Å². The maximum Gasteiger partial charge on any atom is 0.0138 e. The van der Waals surface area contributed by atoms with Gasteiger partial charge in [-0.25, -0.2) is 0 Å². The van der Waals surface area contributed by atoms with Crippen molar-refractivity contribution in [3.63, 3.8) is 0 Å². The predicted molar refractivity (Wildman–Crippen MR) is 37.8 cm³/mol. The van der Waals surface area contributed by atoms with Gasteiger partial charge in [0, 0.05) is 5.92 Å². The van der Waals surface area contributed by atoms with E-state index in [1.54, 1.807) is 0 Å². The molecule has 40 valence electrons. The fourth-order valence-electron chi connectivity index (χ4n) is 0.938. The topological polar surface area (TPSA) is 0 Å². The first-order valence-electron chi connectivity index (χ1n) is 2.77. The summed E-state index contributed by atoms with van der Waals surface area (Å²) >= 11 is 0. The zero-order valence-electron chi connectivity index (χ0n) is 4.49.